The van der Waals surface area contributed by atoms with Crippen LogP contribution in [-0.2, 0) is 6.54 Å². The maximum Gasteiger partial charge on any atom is 0.0744 e. The second-order valence-electron chi connectivity index (χ2n) is 7.35. The van der Waals surface area contributed by atoms with Crippen LogP contribution in [0.25, 0.3) is 0 Å². The summed E-state index contributed by atoms with van der Waals surface area (Å²) in [6, 6.07) is 2.54. The Kier molecular flexibility index (Phi) is 5.13. The van der Waals surface area contributed by atoms with E-state index in [1.54, 1.807) is 11.3 Å². The van der Waals surface area contributed by atoms with Gasteiger partial charge in [-0.1, -0.05) is 0 Å². The van der Waals surface area contributed by atoms with Crippen molar-refractivity contribution in [3.63, 3.8) is 0 Å². The lowest BCUT2D eigenvalue weighted by atomic mass is 9.90. The van der Waals surface area contributed by atoms with Gasteiger partial charge in [0.05, 0.1) is 11.8 Å². The van der Waals surface area contributed by atoms with Gasteiger partial charge in [-0.25, -0.2) is 0 Å². The van der Waals surface area contributed by atoms with E-state index in [1.165, 1.54) is 21.7 Å². The molecule has 0 amide bonds. The number of rotatable bonds is 4. The van der Waals surface area contributed by atoms with Crippen molar-refractivity contribution >= 4 is 11.3 Å². The molecule has 1 N–H and O–H groups in total. The number of hydrogen-bond donors (Lipinski definition) is 1. The van der Waals surface area contributed by atoms with Gasteiger partial charge in [0, 0.05) is 41.2 Å². The summed E-state index contributed by atoms with van der Waals surface area (Å²) >= 11 is 1.78. The Balaban J connectivity index is 1.70. The monoisotopic (exact) mass is 347 g/mol. The van der Waals surface area contributed by atoms with E-state index in [9.17, 15) is 5.11 Å². The Morgan fingerprint density at radius 3 is 2.62 bits per heavy atom. The topological polar surface area (TPSA) is 41.3 Å². The molecule has 0 spiro atoms. The molecular weight excluding hydrogens is 318 g/mol. The van der Waals surface area contributed by atoms with Gasteiger partial charge < -0.3 is 5.11 Å². The molecule has 1 aliphatic heterocycles. The molecule has 0 aliphatic carbocycles. The minimum atomic E-state index is -0.281. The molecule has 1 saturated heterocycles. The number of aromatic nitrogens is 2. The summed E-state index contributed by atoms with van der Waals surface area (Å²) in [6.07, 6.45) is 0.746. The number of likely N-dealkylation sites (tertiary alicyclic amines) is 1. The minimum Gasteiger partial charge on any atom is -0.391 e. The standard InChI is InChI=1S/C19H29N3OS/c1-12(2)22-15(5)17(14(4)20-22)10-21-8-6-16(18(23)11-21)19-13(3)7-9-24-19/h7,9,12,16,18,23H,6,8,10-11H2,1-5H3/t16-,18-/m0/s1. The zero-order valence-electron chi connectivity index (χ0n) is 15.4. The first-order valence-electron chi connectivity index (χ1n) is 8.87. The van der Waals surface area contributed by atoms with Crippen molar-refractivity contribution < 1.29 is 5.11 Å². The SMILES string of the molecule is Cc1ccsc1[C@H]1CCN(Cc2c(C)nn(C(C)C)c2C)C[C@@H]1O. The summed E-state index contributed by atoms with van der Waals surface area (Å²) in [5.41, 5.74) is 5.02. The van der Waals surface area contributed by atoms with Gasteiger partial charge >= 0.3 is 0 Å². The summed E-state index contributed by atoms with van der Waals surface area (Å²) < 4.78 is 2.11. The van der Waals surface area contributed by atoms with Gasteiger partial charge in [-0.05, 0) is 64.6 Å². The highest BCUT2D eigenvalue weighted by molar-refractivity contribution is 7.10. The molecule has 1 fully saturated rings. The lowest BCUT2D eigenvalue weighted by Gasteiger charge is -2.36. The summed E-state index contributed by atoms with van der Waals surface area (Å²) in [6.45, 7) is 13.4. The third-order valence-corrected chi connectivity index (χ3v) is 6.40. The molecular formula is C19H29N3OS. The quantitative estimate of drug-likeness (QED) is 0.914. The fraction of sp³-hybridized carbons (Fsp3) is 0.632. The summed E-state index contributed by atoms with van der Waals surface area (Å²) in [5, 5.41) is 17.5. The van der Waals surface area contributed by atoms with E-state index in [2.05, 4.69) is 55.6 Å². The predicted octanol–water partition coefficient (Wildman–Crippen LogP) is 3.80. The zero-order chi connectivity index (χ0) is 17.4. The van der Waals surface area contributed by atoms with Crippen molar-refractivity contribution in [1.82, 2.24) is 14.7 Å². The Morgan fingerprint density at radius 2 is 2.08 bits per heavy atom. The van der Waals surface area contributed by atoms with Crippen LogP contribution in [0, 0.1) is 20.8 Å². The normalized spacial score (nSPS) is 22.5. The van der Waals surface area contributed by atoms with Crippen LogP contribution in [0.4, 0.5) is 0 Å². The molecule has 5 heteroatoms. The highest BCUT2D eigenvalue weighted by atomic mass is 32.1. The fourth-order valence-corrected chi connectivity index (χ4v) is 4.99. The lowest BCUT2D eigenvalue weighted by Crippen LogP contribution is -2.42. The van der Waals surface area contributed by atoms with Gasteiger partial charge in [0.1, 0.15) is 0 Å². The number of β-amino-alcohol motifs (C(OH)–C–C–N with tert-alkyl or cyclic N) is 1. The van der Waals surface area contributed by atoms with E-state index in [4.69, 9.17) is 5.10 Å². The van der Waals surface area contributed by atoms with Gasteiger partial charge in [-0.3, -0.25) is 9.58 Å². The Hall–Kier alpha value is -1.17. The van der Waals surface area contributed by atoms with E-state index in [1.807, 2.05) is 0 Å². The predicted molar refractivity (Wildman–Crippen MR) is 99.8 cm³/mol. The third kappa shape index (κ3) is 3.30. The van der Waals surface area contributed by atoms with E-state index in [0.717, 1.165) is 31.7 Å². The number of aliphatic hydroxyl groups is 1. The Bertz CT molecular complexity index is 704. The first kappa shape index (κ1) is 17.6. The Morgan fingerprint density at radius 1 is 1.33 bits per heavy atom. The summed E-state index contributed by atoms with van der Waals surface area (Å²) in [7, 11) is 0. The lowest BCUT2D eigenvalue weighted by molar-refractivity contribution is 0.0483. The van der Waals surface area contributed by atoms with E-state index >= 15 is 0 Å². The summed E-state index contributed by atoms with van der Waals surface area (Å²) in [5.74, 6) is 0.293. The molecule has 0 aromatic carbocycles. The molecule has 132 valence electrons. The molecule has 0 saturated carbocycles. The van der Waals surface area contributed by atoms with Crippen molar-refractivity contribution in [2.24, 2.45) is 0 Å². The van der Waals surface area contributed by atoms with Crippen LogP contribution in [0.5, 0.6) is 0 Å². The third-order valence-electron chi connectivity index (χ3n) is 5.25. The molecule has 3 heterocycles. The van der Waals surface area contributed by atoms with Crippen molar-refractivity contribution in [3.05, 3.63) is 38.8 Å². The molecule has 0 unspecified atom stereocenters. The van der Waals surface area contributed by atoms with Gasteiger partial charge in [0.2, 0.25) is 0 Å². The van der Waals surface area contributed by atoms with Crippen LogP contribution in [0.2, 0.25) is 0 Å². The molecule has 2 aromatic heterocycles. The fourth-order valence-electron chi connectivity index (χ4n) is 3.86. The number of nitrogens with zero attached hydrogens (tertiary/aromatic N) is 3. The van der Waals surface area contributed by atoms with Gasteiger partial charge in [-0.2, -0.15) is 5.10 Å². The minimum absolute atomic E-state index is 0.281. The first-order valence-corrected chi connectivity index (χ1v) is 9.75. The van der Waals surface area contributed by atoms with Crippen LogP contribution in [-0.4, -0.2) is 39.0 Å². The molecule has 3 rings (SSSR count). The molecule has 2 atom stereocenters. The van der Waals surface area contributed by atoms with Crippen LogP contribution in [0.15, 0.2) is 11.4 Å². The van der Waals surface area contributed by atoms with Crippen molar-refractivity contribution in [2.45, 2.75) is 65.6 Å². The van der Waals surface area contributed by atoms with Crippen molar-refractivity contribution in [3.8, 4) is 0 Å². The van der Waals surface area contributed by atoms with Gasteiger partial charge in [-0.15, -0.1) is 11.3 Å². The second-order valence-corrected chi connectivity index (χ2v) is 8.30. The van der Waals surface area contributed by atoms with Gasteiger partial charge in [0.15, 0.2) is 0 Å². The average Bonchev–Trinajstić information content (AvgIpc) is 3.06. The molecule has 1 aliphatic rings. The maximum absolute atomic E-state index is 10.7. The van der Waals surface area contributed by atoms with Crippen LogP contribution < -0.4 is 0 Å². The number of piperidine rings is 1. The largest absolute Gasteiger partial charge is 0.391 e. The Labute approximate surface area is 149 Å². The summed E-state index contributed by atoms with van der Waals surface area (Å²) in [4.78, 5) is 3.74. The second kappa shape index (κ2) is 6.98. The van der Waals surface area contributed by atoms with Crippen LogP contribution in [0.3, 0.4) is 0 Å². The molecule has 2 aromatic rings. The van der Waals surface area contributed by atoms with Crippen LogP contribution in [0.1, 0.15) is 59.6 Å². The van der Waals surface area contributed by atoms with Crippen LogP contribution >= 0.6 is 11.3 Å². The molecule has 0 bridgehead atoms. The average molecular weight is 348 g/mol. The van der Waals surface area contributed by atoms with Crippen molar-refractivity contribution in [1.29, 1.82) is 0 Å². The molecule has 0 radical (unpaired) electrons. The number of aryl methyl sites for hydroxylation is 2. The highest BCUT2D eigenvalue weighted by Gasteiger charge is 2.31. The molecule has 4 nitrogen and oxygen atoms in total. The zero-order valence-corrected chi connectivity index (χ0v) is 16.2. The van der Waals surface area contributed by atoms with Crippen molar-refractivity contribution in [2.75, 3.05) is 13.1 Å². The molecule has 24 heavy (non-hydrogen) atoms. The number of thiophene rings is 1. The smallest absolute Gasteiger partial charge is 0.0744 e. The van der Waals surface area contributed by atoms with E-state index in [0.29, 0.717) is 12.0 Å². The highest BCUT2D eigenvalue weighted by Crippen LogP contribution is 2.34. The maximum atomic E-state index is 10.7. The van der Waals surface area contributed by atoms with E-state index < -0.39 is 0 Å². The number of aliphatic hydroxyl groups excluding tert-OH is 1. The first-order chi connectivity index (χ1) is 11.4. The van der Waals surface area contributed by atoms with E-state index in [-0.39, 0.29) is 6.10 Å². The van der Waals surface area contributed by atoms with Gasteiger partial charge in [0.25, 0.3) is 0 Å². The number of hydrogen-bond acceptors (Lipinski definition) is 4.